The Morgan fingerprint density at radius 1 is 1.50 bits per heavy atom. The molecule has 1 aliphatic rings. The number of rotatable bonds is 2. The molecule has 0 saturated heterocycles. The zero-order valence-corrected chi connectivity index (χ0v) is 8.16. The average Bonchev–Trinajstić information content (AvgIpc) is 1.99. The first-order valence-electron chi connectivity index (χ1n) is 4.88. The molecule has 3 heteroatoms. The highest BCUT2D eigenvalue weighted by atomic mass is 16.4. The molecular formula is C11H13NO2. The van der Waals surface area contributed by atoms with Gasteiger partial charge in [0.15, 0.2) is 0 Å². The van der Waals surface area contributed by atoms with Crippen LogP contribution in [-0.4, -0.2) is 16.1 Å². The summed E-state index contributed by atoms with van der Waals surface area (Å²) >= 11 is 0. The Morgan fingerprint density at radius 2 is 2.21 bits per heavy atom. The molecule has 0 unspecified atom stereocenters. The molecule has 1 aromatic heterocycles. The van der Waals surface area contributed by atoms with E-state index in [0.29, 0.717) is 11.5 Å². The lowest BCUT2D eigenvalue weighted by Gasteiger charge is -2.25. The molecule has 1 aliphatic carbocycles. The normalized spacial score (nSPS) is 16.4. The quantitative estimate of drug-likeness (QED) is 0.780. The number of aromatic nitrogens is 1. The van der Waals surface area contributed by atoms with E-state index in [0.717, 1.165) is 24.2 Å². The van der Waals surface area contributed by atoms with Crippen molar-refractivity contribution in [2.45, 2.75) is 32.1 Å². The number of hydrogen-bond acceptors (Lipinski definition) is 2. The van der Waals surface area contributed by atoms with E-state index in [1.807, 2.05) is 6.92 Å². The van der Waals surface area contributed by atoms with Crippen LogP contribution >= 0.6 is 0 Å². The van der Waals surface area contributed by atoms with E-state index in [1.54, 1.807) is 12.1 Å². The summed E-state index contributed by atoms with van der Waals surface area (Å²) in [7, 11) is 0. The third-order valence-electron chi connectivity index (χ3n) is 2.74. The predicted molar refractivity (Wildman–Crippen MR) is 52.5 cm³/mol. The molecule has 1 fully saturated rings. The molecule has 0 amide bonds. The summed E-state index contributed by atoms with van der Waals surface area (Å²) in [6.45, 7) is 1.84. The monoisotopic (exact) mass is 191 g/mol. The second kappa shape index (κ2) is 3.40. The zero-order valence-electron chi connectivity index (χ0n) is 8.16. The van der Waals surface area contributed by atoms with Crippen LogP contribution in [0.2, 0.25) is 0 Å². The summed E-state index contributed by atoms with van der Waals surface area (Å²) < 4.78 is 0. The van der Waals surface area contributed by atoms with Crippen LogP contribution in [0, 0.1) is 6.92 Å². The van der Waals surface area contributed by atoms with Gasteiger partial charge < -0.3 is 5.11 Å². The molecule has 2 rings (SSSR count). The molecule has 1 heterocycles. The topological polar surface area (TPSA) is 50.2 Å². The Labute approximate surface area is 82.8 Å². The highest BCUT2D eigenvalue weighted by Gasteiger charge is 2.22. The summed E-state index contributed by atoms with van der Waals surface area (Å²) in [5, 5.41) is 8.88. The van der Waals surface area contributed by atoms with Gasteiger partial charge in [0.05, 0.1) is 5.56 Å². The van der Waals surface area contributed by atoms with Gasteiger partial charge in [0.2, 0.25) is 0 Å². The van der Waals surface area contributed by atoms with Crippen molar-refractivity contribution in [3.8, 4) is 0 Å². The minimum absolute atomic E-state index is 0.361. The fourth-order valence-electron chi connectivity index (χ4n) is 1.73. The molecule has 0 bridgehead atoms. The summed E-state index contributed by atoms with van der Waals surface area (Å²) in [5.74, 6) is -0.371. The molecule has 14 heavy (non-hydrogen) atoms. The molecule has 1 saturated carbocycles. The molecule has 3 nitrogen and oxygen atoms in total. The SMILES string of the molecule is Cc1cc(C(=O)O)cc(C2CCC2)n1. The lowest BCUT2D eigenvalue weighted by atomic mass is 9.82. The average molecular weight is 191 g/mol. The van der Waals surface area contributed by atoms with E-state index in [2.05, 4.69) is 4.98 Å². The van der Waals surface area contributed by atoms with E-state index in [1.165, 1.54) is 6.42 Å². The Bertz CT molecular complexity index is 370. The van der Waals surface area contributed by atoms with Gasteiger partial charge in [-0.2, -0.15) is 0 Å². The first-order valence-corrected chi connectivity index (χ1v) is 4.88. The van der Waals surface area contributed by atoms with Crippen LogP contribution < -0.4 is 0 Å². The van der Waals surface area contributed by atoms with E-state index < -0.39 is 5.97 Å². The number of pyridine rings is 1. The number of aryl methyl sites for hydroxylation is 1. The van der Waals surface area contributed by atoms with Gasteiger partial charge in [-0.3, -0.25) is 4.98 Å². The minimum atomic E-state index is -0.865. The largest absolute Gasteiger partial charge is 0.478 e. The maximum atomic E-state index is 10.8. The number of nitrogens with zero attached hydrogens (tertiary/aromatic N) is 1. The molecule has 0 spiro atoms. The highest BCUT2D eigenvalue weighted by molar-refractivity contribution is 5.87. The van der Waals surface area contributed by atoms with Crippen molar-refractivity contribution in [3.63, 3.8) is 0 Å². The molecule has 74 valence electrons. The van der Waals surface area contributed by atoms with Crippen molar-refractivity contribution in [2.75, 3.05) is 0 Å². The number of aromatic carboxylic acids is 1. The van der Waals surface area contributed by atoms with Crippen molar-refractivity contribution < 1.29 is 9.90 Å². The third kappa shape index (κ3) is 1.62. The van der Waals surface area contributed by atoms with Gasteiger partial charge in [0.1, 0.15) is 0 Å². The third-order valence-corrected chi connectivity index (χ3v) is 2.74. The first-order chi connectivity index (χ1) is 6.66. The maximum Gasteiger partial charge on any atom is 0.335 e. The minimum Gasteiger partial charge on any atom is -0.478 e. The maximum absolute atomic E-state index is 10.8. The van der Waals surface area contributed by atoms with Gasteiger partial charge in [0, 0.05) is 17.3 Å². The predicted octanol–water partition coefficient (Wildman–Crippen LogP) is 2.36. The van der Waals surface area contributed by atoms with E-state index in [9.17, 15) is 4.79 Å². The smallest absolute Gasteiger partial charge is 0.335 e. The van der Waals surface area contributed by atoms with Crippen molar-refractivity contribution >= 4 is 5.97 Å². The van der Waals surface area contributed by atoms with Gasteiger partial charge >= 0.3 is 5.97 Å². The van der Waals surface area contributed by atoms with Crippen molar-refractivity contribution in [1.82, 2.24) is 4.98 Å². The summed E-state index contributed by atoms with van der Waals surface area (Å²) in [4.78, 5) is 15.2. The number of carboxylic acid groups (broad SMARTS) is 1. The van der Waals surface area contributed by atoms with Gasteiger partial charge in [-0.05, 0) is 31.9 Å². The molecule has 0 aromatic carbocycles. The first kappa shape index (κ1) is 9.19. The van der Waals surface area contributed by atoms with Crippen LogP contribution in [0.25, 0.3) is 0 Å². The Kier molecular flexibility index (Phi) is 2.23. The number of hydrogen-bond donors (Lipinski definition) is 1. The second-order valence-electron chi connectivity index (χ2n) is 3.86. The zero-order chi connectivity index (χ0) is 10.1. The number of carbonyl (C=O) groups is 1. The van der Waals surface area contributed by atoms with Crippen molar-refractivity contribution in [3.05, 3.63) is 29.1 Å². The Morgan fingerprint density at radius 3 is 2.71 bits per heavy atom. The standard InChI is InChI=1S/C11H13NO2/c1-7-5-9(11(13)14)6-10(12-7)8-3-2-4-8/h5-6,8H,2-4H2,1H3,(H,13,14). The van der Waals surface area contributed by atoms with E-state index >= 15 is 0 Å². The van der Waals surface area contributed by atoms with Crippen LogP contribution in [0.3, 0.4) is 0 Å². The number of carboxylic acids is 1. The molecule has 1 aromatic rings. The Hall–Kier alpha value is -1.38. The van der Waals surface area contributed by atoms with Crippen LogP contribution in [0.5, 0.6) is 0 Å². The fraction of sp³-hybridized carbons (Fsp3) is 0.455. The van der Waals surface area contributed by atoms with Crippen LogP contribution in [0.1, 0.15) is 46.9 Å². The molecule has 0 radical (unpaired) electrons. The van der Waals surface area contributed by atoms with E-state index in [4.69, 9.17) is 5.11 Å². The molecule has 0 atom stereocenters. The highest BCUT2D eigenvalue weighted by Crippen LogP contribution is 2.35. The fourth-order valence-corrected chi connectivity index (χ4v) is 1.73. The summed E-state index contributed by atoms with van der Waals surface area (Å²) in [6.07, 6.45) is 3.54. The van der Waals surface area contributed by atoms with Crippen molar-refractivity contribution in [1.29, 1.82) is 0 Å². The molecular weight excluding hydrogens is 178 g/mol. The second-order valence-corrected chi connectivity index (χ2v) is 3.86. The summed E-state index contributed by atoms with van der Waals surface area (Å²) in [5.41, 5.74) is 2.11. The lowest BCUT2D eigenvalue weighted by molar-refractivity contribution is 0.0696. The van der Waals surface area contributed by atoms with E-state index in [-0.39, 0.29) is 0 Å². The Balaban J connectivity index is 2.35. The van der Waals surface area contributed by atoms with Gasteiger partial charge in [-0.15, -0.1) is 0 Å². The summed E-state index contributed by atoms with van der Waals surface area (Å²) in [6, 6.07) is 3.32. The lowest BCUT2D eigenvalue weighted by Crippen LogP contribution is -2.12. The van der Waals surface area contributed by atoms with Crippen LogP contribution in [0.15, 0.2) is 12.1 Å². The van der Waals surface area contributed by atoms with Gasteiger partial charge in [-0.1, -0.05) is 6.42 Å². The van der Waals surface area contributed by atoms with Gasteiger partial charge in [-0.25, -0.2) is 4.79 Å². The van der Waals surface area contributed by atoms with Crippen molar-refractivity contribution in [2.24, 2.45) is 0 Å². The van der Waals surface area contributed by atoms with Crippen LogP contribution in [0.4, 0.5) is 0 Å². The molecule has 0 aliphatic heterocycles. The van der Waals surface area contributed by atoms with Crippen LogP contribution in [-0.2, 0) is 0 Å². The molecule has 1 N–H and O–H groups in total. The van der Waals surface area contributed by atoms with Gasteiger partial charge in [0.25, 0.3) is 0 Å².